The molecule has 0 aliphatic carbocycles. The van der Waals surface area contributed by atoms with Crippen molar-refractivity contribution in [1.29, 1.82) is 0 Å². The van der Waals surface area contributed by atoms with Gasteiger partial charge in [0, 0.05) is 25.7 Å². The van der Waals surface area contributed by atoms with Gasteiger partial charge in [0.2, 0.25) is 0 Å². The first kappa shape index (κ1) is 9.21. The number of rotatable bonds is 2. The molecule has 1 aromatic heterocycles. The predicted octanol–water partition coefficient (Wildman–Crippen LogP) is 0.734. The molecule has 2 N–H and O–H groups in total. The third-order valence-electron chi connectivity index (χ3n) is 2.19. The van der Waals surface area contributed by atoms with Gasteiger partial charge >= 0.3 is 0 Å². The first-order chi connectivity index (χ1) is 6.79. The van der Waals surface area contributed by atoms with Crippen LogP contribution in [0.15, 0.2) is 10.6 Å². The van der Waals surface area contributed by atoms with Crippen LogP contribution in [0.3, 0.4) is 0 Å². The van der Waals surface area contributed by atoms with Crippen molar-refractivity contribution in [3.63, 3.8) is 0 Å². The van der Waals surface area contributed by atoms with Crippen molar-refractivity contribution in [2.45, 2.75) is 6.92 Å². The normalized spacial score (nSPS) is 21.9. The van der Waals surface area contributed by atoms with Gasteiger partial charge in [-0.15, -0.1) is 0 Å². The van der Waals surface area contributed by atoms with Crippen LogP contribution >= 0.6 is 0 Å². The zero-order valence-electron chi connectivity index (χ0n) is 8.37. The Bertz CT molecular complexity index is 344. The zero-order valence-corrected chi connectivity index (χ0v) is 8.37. The van der Waals surface area contributed by atoms with Gasteiger partial charge in [0.05, 0.1) is 0 Å². The van der Waals surface area contributed by atoms with Gasteiger partial charge in [-0.25, -0.2) is 0 Å². The van der Waals surface area contributed by atoms with E-state index >= 15 is 0 Å². The summed E-state index contributed by atoms with van der Waals surface area (Å²) in [5, 5.41) is 9.90. The van der Waals surface area contributed by atoms with Gasteiger partial charge in [-0.05, 0) is 11.1 Å². The number of nitrogens with zero attached hydrogens (tertiary/aromatic N) is 2. The van der Waals surface area contributed by atoms with E-state index in [0.717, 1.165) is 18.7 Å². The highest BCUT2D eigenvalue weighted by Gasteiger charge is 2.15. The lowest BCUT2D eigenvalue weighted by molar-refractivity contribution is 0.405. The fourth-order valence-electron chi connectivity index (χ4n) is 1.50. The summed E-state index contributed by atoms with van der Waals surface area (Å²) in [5.41, 5.74) is 1.08. The lowest BCUT2D eigenvalue weighted by Crippen LogP contribution is -2.27. The number of nitrogens with one attached hydrogen (secondary N) is 2. The summed E-state index contributed by atoms with van der Waals surface area (Å²) < 4.78 is 5.11. The quantitative estimate of drug-likeness (QED) is 0.726. The van der Waals surface area contributed by atoms with Gasteiger partial charge in [-0.2, -0.15) is 4.98 Å². The maximum atomic E-state index is 5.11. The minimum absolute atomic E-state index is 0.517. The van der Waals surface area contributed by atoms with Crippen LogP contribution in [0.2, 0.25) is 0 Å². The van der Waals surface area contributed by atoms with Crippen LogP contribution in [-0.4, -0.2) is 30.3 Å². The van der Waals surface area contributed by atoms with E-state index in [9.17, 15) is 0 Å². The standard InChI is InChI=1S/C9H14N4O/c1-6-3-7(5-11-4-6)8-12-9(10-2)13-14-8/h3,6,11H,4-5H2,1-2H3,(H,10,13). The molecule has 2 heterocycles. The summed E-state index contributed by atoms with van der Waals surface area (Å²) in [4.78, 5) is 4.19. The molecular formula is C9H14N4O. The Hall–Kier alpha value is -1.36. The van der Waals surface area contributed by atoms with Gasteiger partial charge in [0.15, 0.2) is 0 Å². The molecule has 1 aromatic rings. The number of aromatic nitrogens is 2. The van der Waals surface area contributed by atoms with Crippen LogP contribution in [0.5, 0.6) is 0 Å². The van der Waals surface area contributed by atoms with Crippen LogP contribution in [0.25, 0.3) is 5.57 Å². The summed E-state index contributed by atoms with van der Waals surface area (Å²) in [7, 11) is 1.77. The second-order valence-corrected chi connectivity index (χ2v) is 3.47. The number of hydrogen-bond acceptors (Lipinski definition) is 5. The molecule has 1 aliphatic rings. The molecule has 0 bridgehead atoms. The Morgan fingerprint density at radius 1 is 1.64 bits per heavy atom. The van der Waals surface area contributed by atoms with Crippen molar-refractivity contribution in [3.8, 4) is 0 Å². The average molecular weight is 194 g/mol. The highest BCUT2D eigenvalue weighted by atomic mass is 16.5. The van der Waals surface area contributed by atoms with E-state index in [1.807, 2.05) is 0 Å². The van der Waals surface area contributed by atoms with Crippen molar-refractivity contribution >= 4 is 11.5 Å². The molecule has 0 saturated carbocycles. The van der Waals surface area contributed by atoms with Crippen molar-refractivity contribution in [3.05, 3.63) is 12.0 Å². The Kier molecular flexibility index (Phi) is 2.49. The smallest absolute Gasteiger partial charge is 0.263 e. The van der Waals surface area contributed by atoms with Crippen LogP contribution < -0.4 is 10.6 Å². The summed E-state index contributed by atoms with van der Waals surface area (Å²) in [6, 6.07) is 0. The lowest BCUT2D eigenvalue weighted by Gasteiger charge is -2.16. The number of anilines is 1. The molecule has 0 amide bonds. The van der Waals surface area contributed by atoms with Crippen LogP contribution in [0.1, 0.15) is 12.8 Å². The van der Waals surface area contributed by atoms with Gasteiger partial charge < -0.3 is 15.2 Å². The minimum Gasteiger partial charge on any atom is -0.355 e. The summed E-state index contributed by atoms with van der Waals surface area (Å²) in [6.45, 7) is 3.97. The molecule has 5 heteroatoms. The Morgan fingerprint density at radius 3 is 3.14 bits per heavy atom. The maximum Gasteiger partial charge on any atom is 0.263 e. The maximum absolute atomic E-state index is 5.11. The second kappa shape index (κ2) is 3.79. The largest absolute Gasteiger partial charge is 0.355 e. The molecule has 1 atom stereocenters. The SMILES string of the molecule is CNc1noc(C2=CC(C)CNC2)n1. The average Bonchev–Trinajstić information content (AvgIpc) is 2.66. The Balaban J connectivity index is 2.21. The van der Waals surface area contributed by atoms with E-state index < -0.39 is 0 Å². The molecule has 76 valence electrons. The third kappa shape index (κ3) is 1.77. The van der Waals surface area contributed by atoms with Gasteiger partial charge in [0.1, 0.15) is 0 Å². The van der Waals surface area contributed by atoms with Crippen LogP contribution in [-0.2, 0) is 0 Å². The van der Waals surface area contributed by atoms with Crippen molar-refractivity contribution in [2.24, 2.45) is 5.92 Å². The molecule has 0 aromatic carbocycles. The molecule has 0 radical (unpaired) electrons. The minimum atomic E-state index is 0.517. The van der Waals surface area contributed by atoms with Crippen molar-refractivity contribution in [1.82, 2.24) is 15.5 Å². The third-order valence-corrected chi connectivity index (χ3v) is 2.19. The highest BCUT2D eigenvalue weighted by Crippen LogP contribution is 2.18. The molecule has 14 heavy (non-hydrogen) atoms. The fourth-order valence-corrected chi connectivity index (χ4v) is 1.50. The summed E-state index contributed by atoms with van der Waals surface area (Å²) in [5.74, 6) is 1.65. The fraction of sp³-hybridized carbons (Fsp3) is 0.556. The molecule has 5 nitrogen and oxygen atoms in total. The second-order valence-electron chi connectivity index (χ2n) is 3.47. The summed E-state index contributed by atoms with van der Waals surface area (Å²) in [6.07, 6.45) is 2.17. The first-order valence-corrected chi connectivity index (χ1v) is 4.73. The van der Waals surface area contributed by atoms with Crippen LogP contribution in [0, 0.1) is 5.92 Å². The van der Waals surface area contributed by atoms with Gasteiger partial charge in [-0.1, -0.05) is 13.0 Å². The highest BCUT2D eigenvalue weighted by molar-refractivity contribution is 5.61. The van der Waals surface area contributed by atoms with Crippen molar-refractivity contribution < 1.29 is 4.52 Å². The van der Waals surface area contributed by atoms with Crippen molar-refractivity contribution in [2.75, 3.05) is 25.5 Å². The Morgan fingerprint density at radius 2 is 2.50 bits per heavy atom. The van der Waals surface area contributed by atoms with E-state index in [1.54, 1.807) is 7.05 Å². The van der Waals surface area contributed by atoms with E-state index in [4.69, 9.17) is 4.52 Å². The lowest BCUT2D eigenvalue weighted by atomic mass is 10.0. The molecule has 0 saturated heterocycles. The molecule has 2 rings (SSSR count). The van der Waals surface area contributed by atoms with E-state index in [2.05, 4.69) is 33.8 Å². The van der Waals surface area contributed by atoms with Gasteiger partial charge in [-0.3, -0.25) is 0 Å². The van der Waals surface area contributed by atoms with E-state index in [-0.39, 0.29) is 0 Å². The predicted molar refractivity (Wildman–Crippen MR) is 53.9 cm³/mol. The number of hydrogen-bond donors (Lipinski definition) is 2. The first-order valence-electron chi connectivity index (χ1n) is 4.73. The van der Waals surface area contributed by atoms with Crippen LogP contribution in [0.4, 0.5) is 5.95 Å². The zero-order chi connectivity index (χ0) is 9.97. The Labute approximate surface area is 82.6 Å². The van der Waals surface area contributed by atoms with E-state index in [0.29, 0.717) is 17.8 Å². The molecule has 0 spiro atoms. The topological polar surface area (TPSA) is 63.0 Å². The van der Waals surface area contributed by atoms with Gasteiger partial charge in [0.25, 0.3) is 11.8 Å². The molecular weight excluding hydrogens is 180 g/mol. The monoisotopic (exact) mass is 194 g/mol. The molecule has 0 fully saturated rings. The van der Waals surface area contributed by atoms with E-state index in [1.165, 1.54) is 0 Å². The summed E-state index contributed by atoms with van der Waals surface area (Å²) >= 11 is 0. The molecule has 1 aliphatic heterocycles. The molecule has 1 unspecified atom stereocenters.